The number of nitrogens with one attached hydrogen (secondary N) is 1. The molecule has 1 aromatic rings. The number of hydrogen-bond donors (Lipinski definition) is 1. The Hall–Kier alpha value is -1.26. The molecule has 0 aromatic heterocycles. The summed E-state index contributed by atoms with van der Waals surface area (Å²) in [6.45, 7) is 4.40. The van der Waals surface area contributed by atoms with E-state index in [1.807, 2.05) is 19.9 Å². The molecule has 0 bridgehead atoms. The molecular weight excluding hydrogens is 311 g/mol. The summed E-state index contributed by atoms with van der Waals surface area (Å²) in [5.41, 5.74) is 0.857. The molecule has 2 unspecified atom stereocenters. The molecule has 2 amide bonds. The fourth-order valence-electron chi connectivity index (χ4n) is 2.34. The van der Waals surface area contributed by atoms with Crippen LogP contribution in [0.3, 0.4) is 0 Å². The second kappa shape index (κ2) is 6.67. The number of benzene rings is 1. The zero-order valence-corrected chi connectivity index (χ0v) is 13.5. The highest BCUT2D eigenvalue weighted by molar-refractivity contribution is 6.42. The highest BCUT2D eigenvalue weighted by Gasteiger charge is 2.35. The molecule has 0 spiro atoms. The third-order valence-corrected chi connectivity index (χ3v) is 4.54. The van der Waals surface area contributed by atoms with Crippen molar-refractivity contribution in [1.29, 1.82) is 0 Å². The van der Waals surface area contributed by atoms with E-state index in [2.05, 4.69) is 5.32 Å². The number of nitrogens with zero attached hydrogens (tertiary/aromatic N) is 1. The second-order valence-electron chi connectivity index (χ2n) is 5.37. The van der Waals surface area contributed by atoms with Gasteiger partial charge in [0.25, 0.3) is 0 Å². The first-order chi connectivity index (χ1) is 9.92. The van der Waals surface area contributed by atoms with Gasteiger partial charge in [-0.2, -0.15) is 0 Å². The Morgan fingerprint density at radius 1 is 1.33 bits per heavy atom. The van der Waals surface area contributed by atoms with Crippen molar-refractivity contribution in [3.63, 3.8) is 0 Å². The van der Waals surface area contributed by atoms with Crippen molar-refractivity contribution in [2.24, 2.45) is 5.92 Å². The van der Waals surface area contributed by atoms with Crippen molar-refractivity contribution < 1.29 is 9.59 Å². The molecule has 1 heterocycles. The third-order valence-electron chi connectivity index (χ3n) is 3.80. The zero-order valence-electron chi connectivity index (χ0n) is 12.0. The summed E-state index contributed by atoms with van der Waals surface area (Å²) in [6, 6.07) is 4.78. The standard InChI is InChI=1S/C15H18Cl2N2O2/c1-3-9(2)14-15(21)19(8-13(20)18-14)7-10-4-5-11(16)12(17)6-10/h4-6,9,14H,3,7-8H2,1-2H3,(H,18,20). The molecule has 1 N–H and O–H groups in total. The van der Waals surface area contributed by atoms with E-state index in [1.54, 1.807) is 17.0 Å². The number of rotatable bonds is 4. The minimum atomic E-state index is -0.445. The van der Waals surface area contributed by atoms with Crippen LogP contribution >= 0.6 is 23.2 Å². The molecule has 0 aliphatic carbocycles. The first kappa shape index (κ1) is 16.1. The van der Waals surface area contributed by atoms with Crippen molar-refractivity contribution >= 4 is 35.0 Å². The first-order valence-corrected chi connectivity index (χ1v) is 7.70. The highest BCUT2D eigenvalue weighted by atomic mass is 35.5. The summed E-state index contributed by atoms with van der Waals surface area (Å²) in [5, 5.41) is 3.69. The Labute approximate surface area is 134 Å². The van der Waals surface area contributed by atoms with Gasteiger partial charge in [-0.15, -0.1) is 0 Å². The minimum Gasteiger partial charge on any atom is -0.342 e. The maximum Gasteiger partial charge on any atom is 0.246 e. The zero-order chi connectivity index (χ0) is 15.6. The molecule has 1 saturated heterocycles. The maximum absolute atomic E-state index is 12.5. The topological polar surface area (TPSA) is 49.4 Å². The van der Waals surface area contributed by atoms with Crippen molar-refractivity contribution in [2.75, 3.05) is 6.54 Å². The molecule has 2 rings (SSSR count). The highest BCUT2D eigenvalue weighted by Crippen LogP contribution is 2.24. The largest absolute Gasteiger partial charge is 0.342 e. The van der Waals surface area contributed by atoms with Crippen molar-refractivity contribution in [3.8, 4) is 0 Å². The monoisotopic (exact) mass is 328 g/mol. The van der Waals surface area contributed by atoms with E-state index in [0.717, 1.165) is 12.0 Å². The van der Waals surface area contributed by atoms with Crippen molar-refractivity contribution in [1.82, 2.24) is 10.2 Å². The van der Waals surface area contributed by atoms with Crippen LogP contribution in [0.2, 0.25) is 10.0 Å². The Morgan fingerprint density at radius 2 is 2.05 bits per heavy atom. The van der Waals surface area contributed by atoms with E-state index >= 15 is 0 Å². The normalized spacial score (nSPS) is 20.4. The van der Waals surface area contributed by atoms with Crippen LogP contribution in [0.1, 0.15) is 25.8 Å². The van der Waals surface area contributed by atoms with Gasteiger partial charge in [0.15, 0.2) is 0 Å². The molecule has 1 aromatic carbocycles. The average Bonchev–Trinajstić information content (AvgIpc) is 2.45. The van der Waals surface area contributed by atoms with Gasteiger partial charge in [-0.25, -0.2) is 0 Å². The Kier molecular flexibility index (Phi) is 5.12. The summed E-state index contributed by atoms with van der Waals surface area (Å²) in [7, 11) is 0. The Balaban J connectivity index is 2.16. The smallest absolute Gasteiger partial charge is 0.246 e. The van der Waals surface area contributed by atoms with Crippen LogP contribution in [0.25, 0.3) is 0 Å². The van der Waals surface area contributed by atoms with Crippen LogP contribution in [0.15, 0.2) is 18.2 Å². The molecule has 114 valence electrons. The lowest BCUT2D eigenvalue weighted by atomic mass is 9.96. The van der Waals surface area contributed by atoms with Crippen LogP contribution in [0, 0.1) is 5.92 Å². The Morgan fingerprint density at radius 3 is 2.67 bits per heavy atom. The van der Waals surface area contributed by atoms with Gasteiger partial charge in [-0.1, -0.05) is 49.5 Å². The van der Waals surface area contributed by atoms with Crippen molar-refractivity contribution in [3.05, 3.63) is 33.8 Å². The summed E-state index contributed by atoms with van der Waals surface area (Å²) in [6.07, 6.45) is 0.831. The van der Waals surface area contributed by atoms with Gasteiger partial charge in [-0.3, -0.25) is 9.59 Å². The SMILES string of the molecule is CCC(C)C1NC(=O)CN(Cc2ccc(Cl)c(Cl)c2)C1=O. The van der Waals surface area contributed by atoms with Gasteiger partial charge in [0.05, 0.1) is 16.6 Å². The van der Waals surface area contributed by atoms with Gasteiger partial charge in [-0.05, 0) is 23.6 Å². The van der Waals surface area contributed by atoms with Crippen LogP contribution in [0.4, 0.5) is 0 Å². The number of hydrogen-bond acceptors (Lipinski definition) is 2. The molecule has 0 saturated carbocycles. The summed E-state index contributed by atoms with van der Waals surface area (Å²) in [4.78, 5) is 25.9. The molecule has 0 radical (unpaired) electrons. The molecule has 4 nitrogen and oxygen atoms in total. The molecule has 2 atom stereocenters. The van der Waals surface area contributed by atoms with Crippen LogP contribution < -0.4 is 5.32 Å². The molecule has 21 heavy (non-hydrogen) atoms. The van der Waals surface area contributed by atoms with Gasteiger partial charge in [0, 0.05) is 6.54 Å². The quantitative estimate of drug-likeness (QED) is 0.923. The maximum atomic E-state index is 12.5. The summed E-state index contributed by atoms with van der Waals surface area (Å²) >= 11 is 11.9. The molecule has 1 aliphatic heterocycles. The number of carbonyl (C=O) groups is 2. The van der Waals surface area contributed by atoms with Crippen molar-refractivity contribution in [2.45, 2.75) is 32.9 Å². The van der Waals surface area contributed by atoms with Gasteiger partial charge in [0.2, 0.25) is 11.8 Å². The number of carbonyl (C=O) groups excluding carboxylic acids is 2. The lowest BCUT2D eigenvalue weighted by Crippen LogP contribution is -2.59. The number of piperazine rings is 1. The Bertz CT molecular complexity index is 563. The summed E-state index contributed by atoms with van der Waals surface area (Å²) in [5.74, 6) is -0.0620. The third kappa shape index (κ3) is 3.69. The predicted octanol–water partition coefficient (Wildman–Crippen LogP) is 2.87. The van der Waals surface area contributed by atoms with E-state index in [1.165, 1.54) is 0 Å². The van der Waals surface area contributed by atoms with Gasteiger partial charge >= 0.3 is 0 Å². The summed E-state index contributed by atoms with van der Waals surface area (Å²) < 4.78 is 0. The number of halogens is 2. The predicted molar refractivity (Wildman–Crippen MR) is 83.3 cm³/mol. The molecular formula is C15H18Cl2N2O2. The minimum absolute atomic E-state index is 0.0463. The molecule has 1 fully saturated rings. The van der Waals surface area contributed by atoms with Gasteiger partial charge in [0.1, 0.15) is 6.04 Å². The number of amides is 2. The van der Waals surface area contributed by atoms with Crippen LogP contribution in [-0.4, -0.2) is 29.3 Å². The lowest BCUT2D eigenvalue weighted by molar-refractivity contribution is -0.146. The van der Waals surface area contributed by atoms with E-state index in [0.29, 0.717) is 16.6 Å². The first-order valence-electron chi connectivity index (χ1n) is 6.94. The fourth-order valence-corrected chi connectivity index (χ4v) is 2.66. The van der Waals surface area contributed by atoms with E-state index in [-0.39, 0.29) is 24.3 Å². The van der Waals surface area contributed by atoms with Gasteiger partial charge < -0.3 is 10.2 Å². The van der Waals surface area contributed by atoms with Crippen LogP contribution in [-0.2, 0) is 16.1 Å². The average molecular weight is 329 g/mol. The molecule has 6 heteroatoms. The van der Waals surface area contributed by atoms with Crippen LogP contribution in [0.5, 0.6) is 0 Å². The van der Waals surface area contributed by atoms with E-state index in [9.17, 15) is 9.59 Å². The fraction of sp³-hybridized carbons (Fsp3) is 0.467. The molecule has 1 aliphatic rings. The lowest BCUT2D eigenvalue weighted by Gasteiger charge is -2.35. The second-order valence-corrected chi connectivity index (χ2v) is 6.19. The van der Waals surface area contributed by atoms with E-state index in [4.69, 9.17) is 23.2 Å². The van der Waals surface area contributed by atoms with E-state index < -0.39 is 6.04 Å².